The Kier molecular flexibility index (Phi) is 1.51. The lowest BCUT2D eigenvalue weighted by molar-refractivity contribution is -0.0612. The lowest BCUT2D eigenvalue weighted by atomic mass is 9.81. The predicted molar refractivity (Wildman–Crippen MR) is 44.0 cm³/mol. The summed E-state index contributed by atoms with van der Waals surface area (Å²) < 4.78 is 4.59. The number of aliphatic hydroxyl groups is 2. The quantitative estimate of drug-likeness (QED) is 0.481. The molecule has 3 rings (SSSR count). The summed E-state index contributed by atoms with van der Waals surface area (Å²) in [4.78, 5) is 0. The highest BCUT2D eigenvalue weighted by Crippen LogP contribution is 2.41. The number of aromatic nitrogens is 2. The molecule has 0 radical (unpaired) electrons. The first-order valence-corrected chi connectivity index (χ1v) is 4.69. The van der Waals surface area contributed by atoms with Crippen molar-refractivity contribution in [3.63, 3.8) is 0 Å². The van der Waals surface area contributed by atoms with Crippen LogP contribution in [0.1, 0.15) is 17.8 Å². The van der Waals surface area contributed by atoms with Crippen LogP contribution in [0.4, 0.5) is 0 Å². The van der Waals surface area contributed by atoms with Gasteiger partial charge >= 0.3 is 0 Å². The van der Waals surface area contributed by atoms with Crippen molar-refractivity contribution in [2.24, 2.45) is 5.92 Å². The molecule has 6 nitrogen and oxygen atoms in total. The minimum atomic E-state index is -1.24. The molecule has 1 saturated heterocycles. The van der Waals surface area contributed by atoms with E-state index in [-0.39, 0.29) is 5.92 Å². The molecule has 1 fully saturated rings. The molecule has 2 aliphatic rings. The Balaban J connectivity index is 2.11. The summed E-state index contributed by atoms with van der Waals surface area (Å²) >= 11 is 0. The van der Waals surface area contributed by atoms with Gasteiger partial charge in [-0.25, -0.2) is 4.63 Å². The van der Waals surface area contributed by atoms with E-state index < -0.39 is 11.8 Å². The van der Waals surface area contributed by atoms with Gasteiger partial charge in [-0.2, -0.15) is 0 Å². The van der Waals surface area contributed by atoms with Crippen LogP contribution in [0.25, 0.3) is 0 Å². The Morgan fingerprint density at radius 1 is 1.50 bits per heavy atom. The van der Waals surface area contributed by atoms with Gasteiger partial charge in [0.1, 0.15) is 5.69 Å². The lowest BCUT2D eigenvalue weighted by Gasteiger charge is -2.32. The maximum atomic E-state index is 10.3. The fourth-order valence-electron chi connectivity index (χ4n) is 2.42. The van der Waals surface area contributed by atoms with Crippen molar-refractivity contribution in [1.82, 2.24) is 15.6 Å². The molecule has 3 unspecified atom stereocenters. The molecule has 1 aromatic rings. The van der Waals surface area contributed by atoms with Crippen LogP contribution in [0.15, 0.2) is 4.63 Å². The number of nitrogens with zero attached hydrogens (tertiary/aromatic N) is 2. The SMILES string of the molecule is OC1CNC2(O)c3nonc3CCC12. The normalized spacial score (nSPS) is 40.7. The van der Waals surface area contributed by atoms with Crippen LogP contribution < -0.4 is 5.32 Å². The van der Waals surface area contributed by atoms with Crippen molar-refractivity contribution in [2.45, 2.75) is 24.7 Å². The van der Waals surface area contributed by atoms with Crippen LogP contribution in [0.3, 0.4) is 0 Å². The Bertz CT molecular complexity index is 366. The van der Waals surface area contributed by atoms with E-state index in [4.69, 9.17) is 0 Å². The summed E-state index contributed by atoms with van der Waals surface area (Å²) in [5.74, 6) is -0.207. The van der Waals surface area contributed by atoms with Crippen molar-refractivity contribution in [1.29, 1.82) is 0 Å². The Labute approximate surface area is 79.9 Å². The van der Waals surface area contributed by atoms with Gasteiger partial charge in [-0.05, 0) is 12.8 Å². The molecule has 0 spiro atoms. The molecule has 1 aromatic heterocycles. The molecule has 14 heavy (non-hydrogen) atoms. The summed E-state index contributed by atoms with van der Waals surface area (Å²) in [6, 6.07) is 0. The number of fused-ring (bicyclic) bond motifs is 3. The van der Waals surface area contributed by atoms with Crippen LogP contribution in [-0.4, -0.2) is 33.2 Å². The largest absolute Gasteiger partial charge is 0.391 e. The molecule has 0 amide bonds. The molecule has 1 aliphatic carbocycles. The van der Waals surface area contributed by atoms with E-state index in [1.807, 2.05) is 0 Å². The zero-order valence-corrected chi connectivity index (χ0v) is 7.47. The van der Waals surface area contributed by atoms with E-state index in [1.54, 1.807) is 0 Å². The van der Waals surface area contributed by atoms with Crippen molar-refractivity contribution in [3.8, 4) is 0 Å². The number of aryl methyl sites for hydroxylation is 1. The number of aliphatic hydroxyl groups excluding tert-OH is 1. The number of β-amino-alcohol motifs (C(OH)–C–C–N with tert-alkyl or cyclic N) is 1. The fourth-order valence-corrected chi connectivity index (χ4v) is 2.42. The predicted octanol–water partition coefficient (Wildman–Crippen LogP) is -1.26. The molecule has 0 saturated carbocycles. The zero-order valence-electron chi connectivity index (χ0n) is 7.47. The number of hydrogen-bond acceptors (Lipinski definition) is 6. The summed E-state index contributed by atoms with van der Waals surface area (Å²) in [6.45, 7) is 0.382. The molecule has 3 N–H and O–H groups in total. The average Bonchev–Trinajstić information content (AvgIpc) is 2.72. The maximum absolute atomic E-state index is 10.3. The van der Waals surface area contributed by atoms with Crippen molar-refractivity contribution < 1.29 is 14.8 Å². The molecule has 0 bridgehead atoms. The molecule has 3 atom stereocenters. The third-order valence-electron chi connectivity index (χ3n) is 3.19. The number of rotatable bonds is 0. The van der Waals surface area contributed by atoms with E-state index in [0.29, 0.717) is 30.8 Å². The highest BCUT2D eigenvalue weighted by Gasteiger charge is 2.53. The fraction of sp³-hybridized carbons (Fsp3) is 0.750. The van der Waals surface area contributed by atoms with Crippen molar-refractivity contribution in [3.05, 3.63) is 11.4 Å². The molecular weight excluding hydrogens is 186 g/mol. The van der Waals surface area contributed by atoms with E-state index >= 15 is 0 Å². The van der Waals surface area contributed by atoms with E-state index in [9.17, 15) is 10.2 Å². The van der Waals surface area contributed by atoms with Crippen LogP contribution in [0, 0.1) is 5.92 Å². The molecule has 6 heteroatoms. The van der Waals surface area contributed by atoms with Gasteiger partial charge in [0.15, 0.2) is 11.4 Å². The van der Waals surface area contributed by atoms with Gasteiger partial charge in [0.25, 0.3) is 0 Å². The number of hydrogen-bond donors (Lipinski definition) is 3. The molecule has 76 valence electrons. The summed E-state index contributed by atoms with van der Waals surface area (Å²) in [7, 11) is 0. The third kappa shape index (κ3) is 0.853. The third-order valence-corrected chi connectivity index (χ3v) is 3.19. The maximum Gasteiger partial charge on any atom is 0.170 e. The minimum Gasteiger partial charge on any atom is -0.391 e. The summed E-state index contributed by atoms with van der Waals surface area (Å²) in [5, 5.41) is 30.2. The van der Waals surface area contributed by atoms with Gasteiger partial charge in [0, 0.05) is 12.5 Å². The first-order valence-electron chi connectivity index (χ1n) is 4.69. The summed E-state index contributed by atoms with van der Waals surface area (Å²) in [6.07, 6.45) is 0.876. The molecule has 2 heterocycles. The minimum absolute atomic E-state index is 0.207. The lowest BCUT2D eigenvalue weighted by Crippen LogP contribution is -2.46. The molecule has 0 aromatic carbocycles. The topological polar surface area (TPSA) is 91.4 Å². The second-order valence-electron chi connectivity index (χ2n) is 3.92. The molecule has 1 aliphatic heterocycles. The van der Waals surface area contributed by atoms with Gasteiger partial charge in [-0.1, -0.05) is 10.3 Å². The smallest absolute Gasteiger partial charge is 0.170 e. The standard InChI is InChI=1S/C8H11N3O3/c12-6-3-9-8(13)4(6)1-2-5-7(8)11-14-10-5/h4,6,9,12-13H,1-3H2. The zero-order chi connectivity index (χ0) is 9.76. The van der Waals surface area contributed by atoms with Crippen molar-refractivity contribution in [2.75, 3.05) is 6.54 Å². The Hall–Kier alpha value is -0.980. The van der Waals surface area contributed by atoms with Gasteiger partial charge in [-0.15, -0.1) is 0 Å². The highest BCUT2D eigenvalue weighted by molar-refractivity contribution is 5.24. The first kappa shape index (κ1) is 8.34. The van der Waals surface area contributed by atoms with Crippen LogP contribution in [0.5, 0.6) is 0 Å². The van der Waals surface area contributed by atoms with E-state index in [1.165, 1.54) is 0 Å². The molecular formula is C8H11N3O3. The highest BCUT2D eigenvalue weighted by atomic mass is 16.6. The van der Waals surface area contributed by atoms with Crippen molar-refractivity contribution >= 4 is 0 Å². The van der Waals surface area contributed by atoms with Crippen LogP contribution >= 0.6 is 0 Å². The van der Waals surface area contributed by atoms with Gasteiger partial charge in [-0.3, -0.25) is 5.32 Å². The van der Waals surface area contributed by atoms with E-state index in [0.717, 1.165) is 0 Å². The Morgan fingerprint density at radius 2 is 2.36 bits per heavy atom. The van der Waals surface area contributed by atoms with Gasteiger partial charge < -0.3 is 10.2 Å². The van der Waals surface area contributed by atoms with Gasteiger partial charge in [0.05, 0.1) is 6.10 Å². The van der Waals surface area contributed by atoms with Crippen LogP contribution in [0.2, 0.25) is 0 Å². The first-order chi connectivity index (χ1) is 6.72. The van der Waals surface area contributed by atoms with E-state index in [2.05, 4.69) is 20.3 Å². The van der Waals surface area contributed by atoms with Crippen LogP contribution in [-0.2, 0) is 12.1 Å². The average molecular weight is 197 g/mol. The second kappa shape index (κ2) is 2.53. The second-order valence-corrected chi connectivity index (χ2v) is 3.92. The monoisotopic (exact) mass is 197 g/mol. The number of nitrogens with one attached hydrogen (secondary N) is 1. The van der Waals surface area contributed by atoms with Gasteiger partial charge in [0.2, 0.25) is 0 Å². The summed E-state index contributed by atoms with van der Waals surface area (Å²) in [5.41, 5.74) is -0.122. The Morgan fingerprint density at radius 3 is 3.21 bits per heavy atom.